The summed E-state index contributed by atoms with van der Waals surface area (Å²) in [7, 11) is 1.85. The predicted molar refractivity (Wildman–Crippen MR) is 94.1 cm³/mol. The SMILES string of the molecule is Cn1nccc1COCC(=O)N1CC(C)(C)Oc2cc(Br)ccc21. The van der Waals surface area contributed by atoms with Crippen LogP contribution in [0.15, 0.2) is 34.9 Å². The molecule has 1 aromatic heterocycles. The number of amides is 1. The van der Waals surface area contributed by atoms with Gasteiger partial charge in [-0.25, -0.2) is 0 Å². The van der Waals surface area contributed by atoms with Crippen LogP contribution in [0.1, 0.15) is 19.5 Å². The van der Waals surface area contributed by atoms with Crippen LogP contribution in [0.2, 0.25) is 0 Å². The number of benzene rings is 1. The molecule has 1 aromatic carbocycles. The highest BCUT2D eigenvalue weighted by Crippen LogP contribution is 2.38. The van der Waals surface area contributed by atoms with E-state index in [1.165, 1.54) is 0 Å². The molecule has 2 aromatic rings. The Labute approximate surface area is 149 Å². The number of nitrogens with zero attached hydrogens (tertiary/aromatic N) is 3. The summed E-state index contributed by atoms with van der Waals surface area (Å²) in [4.78, 5) is 14.4. The van der Waals surface area contributed by atoms with Crippen molar-refractivity contribution in [3.05, 3.63) is 40.6 Å². The molecule has 3 rings (SSSR count). The third-order valence-corrected chi connectivity index (χ3v) is 4.33. The molecule has 0 radical (unpaired) electrons. The van der Waals surface area contributed by atoms with Crippen molar-refractivity contribution in [3.63, 3.8) is 0 Å². The number of rotatable bonds is 4. The van der Waals surface area contributed by atoms with E-state index in [1.54, 1.807) is 15.8 Å². The Hall–Kier alpha value is -1.86. The Bertz CT molecular complexity index is 757. The first kappa shape index (κ1) is 17.0. The zero-order chi connectivity index (χ0) is 17.3. The molecule has 0 saturated heterocycles. The summed E-state index contributed by atoms with van der Waals surface area (Å²) in [5.41, 5.74) is 1.24. The van der Waals surface area contributed by atoms with Crippen LogP contribution in [-0.2, 0) is 23.2 Å². The van der Waals surface area contributed by atoms with Crippen LogP contribution in [0.5, 0.6) is 5.75 Å². The maximum absolute atomic E-state index is 12.7. The van der Waals surface area contributed by atoms with Gasteiger partial charge in [-0.2, -0.15) is 5.10 Å². The predicted octanol–water partition coefficient (Wildman–Crippen LogP) is 2.90. The van der Waals surface area contributed by atoms with Gasteiger partial charge in [0, 0.05) is 17.7 Å². The second-order valence-corrected chi connectivity index (χ2v) is 7.31. The first-order valence-electron chi connectivity index (χ1n) is 7.69. The normalized spacial score (nSPS) is 15.8. The molecule has 0 spiro atoms. The fraction of sp³-hybridized carbons (Fsp3) is 0.412. The lowest BCUT2D eigenvalue weighted by atomic mass is 10.1. The van der Waals surface area contributed by atoms with Gasteiger partial charge in [-0.15, -0.1) is 0 Å². The van der Waals surface area contributed by atoms with Crippen LogP contribution in [0.25, 0.3) is 0 Å². The van der Waals surface area contributed by atoms with E-state index < -0.39 is 5.60 Å². The van der Waals surface area contributed by atoms with Crippen LogP contribution in [0.3, 0.4) is 0 Å². The number of ether oxygens (including phenoxy) is 2. The largest absolute Gasteiger partial charge is 0.484 e. The number of carbonyl (C=O) groups is 1. The monoisotopic (exact) mass is 393 g/mol. The van der Waals surface area contributed by atoms with Gasteiger partial charge < -0.3 is 14.4 Å². The van der Waals surface area contributed by atoms with E-state index in [1.807, 2.05) is 45.2 Å². The van der Waals surface area contributed by atoms with Crippen molar-refractivity contribution < 1.29 is 14.3 Å². The molecule has 0 bridgehead atoms. The molecule has 1 amide bonds. The number of halogens is 1. The van der Waals surface area contributed by atoms with Crippen molar-refractivity contribution in [1.82, 2.24) is 9.78 Å². The molecule has 1 aliphatic heterocycles. The Morgan fingerprint density at radius 1 is 1.42 bits per heavy atom. The number of carbonyl (C=O) groups excluding carboxylic acids is 1. The van der Waals surface area contributed by atoms with Crippen LogP contribution in [0.4, 0.5) is 5.69 Å². The topological polar surface area (TPSA) is 56.6 Å². The summed E-state index contributed by atoms with van der Waals surface area (Å²) >= 11 is 3.44. The molecule has 2 heterocycles. The molecular weight excluding hydrogens is 374 g/mol. The minimum atomic E-state index is -0.453. The lowest BCUT2D eigenvalue weighted by Gasteiger charge is -2.39. The quantitative estimate of drug-likeness (QED) is 0.801. The Balaban J connectivity index is 1.71. The smallest absolute Gasteiger partial charge is 0.253 e. The van der Waals surface area contributed by atoms with Crippen molar-refractivity contribution in [3.8, 4) is 5.75 Å². The van der Waals surface area contributed by atoms with Gasteiger partial charge in [-0.05, 0) is 38.1 Å². The molecule has 0 fully saturated rings. The van der Waals surface area contributed by atoms with E-state index in [0.29, 0.717) is 18.9 Å². The minimum Gasteiger partial charge on any atom is -0.484 e. The molecule has 0 N–H and O–H groups in total. The summed E-state index contributed by atoms with van der Waals surface area (Å²) < 4.78 is 14.2. The summed E-state index contributed by atoms with van der Waals surface area (Å²) in [6.07, 6.45) is 1.71. The van der Waals surface area contributed by atoms with E-state index in [9.17, 15) is 4.79 Å². The number of hydrogen-bond acceptors (Lipinski definition) is 4. The molecule has 128 valence electrons. The molecule has 0 unspecified atom stereocenters. The van der Waals surface area contributed by atoms with Crippen LogP contribution >= 0.6 is 15.9 Å². The lowest BCUT2D eigenvalue weighted by Crippen LogP contribution is -2.50. The average molecular weight is 394 g/mol. The fourth-order valence-electron chi connectivity index (χ4n) is 2.67. The fourth-order valence-corrected chi connectivity index (χ4v) is 3.01. The van der Waals surface area contributed by atoms with Gasteiger partial charge in [-0.1, -0.05) is 15.9 Å². The first-order valence-corrected chi connectivity index (χ1v) is 8.48. The van der Waals surface area contributed by atoms with Gasteiger partial charge in [0.25, 0.3) is 5.91 Å². The van der Waals surface area contributed by atoms with Crippen molar-refractivity contribution in [2.45, 2.75) is 26.1 Å². The third kappa shape index (κ3) is 3.62. The highest BCUT2D eigenvalue weighted by atomic mass is 79.9. The maximum Gasteiger partial charge on any atom is 0.253 e. The second kappa shape index (κ2) is 6.57. The molecule has 0 atom stereocenters. The molecule has 24 heavy (non-hydrogen) atoms. The van der Waals surface area contributed by atoms with E-state index >= 15 is 0 Å². The van der Waals surface area contributed by atoms with Gasteiger partial charge in [0.15, 0.2) is 0 Å². The molecule has 7 heteroatoms. The zero-order valence-corrected chi connectivity index (χ0v) is 15.5. The van der Waals surface area contributed by atoms with Gasteiger partial charge in [-0.3, -0.25) is 9.48 Å². The van der Waals surface area contributed by atoms with E-state index in [-0.39, 0.29) is 12.5 Å². The average Bonchev–Trinajstić information content (AvgIpc) is 2.90. The lowest BCUT2D eigenvalue weighted by molar-refractivity contribution is -0.124. The summed E-state index contributed by atoms with van der Waals surface area (Å²) in [6, 6.07) is 7.53. The number of fused-ring (bicyclic) bond motifs is 1. The van der Waals surface area contributed by atoms with Crippen molar-refractivity contribution in [2.75, 3.05) is 18.1 Å². The standard InChI is InChI=1S/C17H20BrN3O3/c1-17(2)11-21(14-5-4-12(18)8-15(14)24-17)16(22)10-23-9-13-6-7-19-20(13)3/h4-8H,9-11H2,1-3H3. The van der Waals surface area contributed by atoms with Gasteiger partial charge in [0.1, 0.15) is 18.0 Å². The molecule has 0 aliphatic carbocycles. The van der Waals surface area contributed by atoms with Gasteiger partial charge in [0.05, 0.1) is 24.5 Å². The van der Waals surface area contributed by atoms with Crippen molar-refractivity contribution in [1.29, 1.82) is 0 Å². The number of aromatic nitrogens is 2. The van der Waals surface area contributed by atoms with Crippen molar-refractivity contribution in [2.24, 2.45) is 7.05 Å². The zero-order valence-electron chi connectivity index (χ0n) is 14.0. The van der Waals surface area contributed by atoms with Crippen LogP contribution in [0, 0.1) is 0 Å². The number of hydrogen-bond donors (Lipinski definition) is 0. The minimum absolute atomic E-state index is 0.0107. The Morgan fingerprint density at radius 2 is 2.21 bits per heavy atom. The Kier molecular flexibility index (Phi) is 4.64. The van der Waals surface area contributed by atoms with Crippen LogP contribution < -0.4 is 9.64 Å². The number of aryl methyl sites for hydroxylation is 1. The molecule has 1 aliphatic rings. The highest BCUT2D eigenvalue weighted by molar-refractivity contribution is 9.10. The van der Waals surface area contributed by atoms with Crippen LogP contribution in [-0.4, -0.2) is 34.4 Å². The van der Waals surface area contributed by atoms with E-state index in [2.05, 4.69) is 21.0 Å². The molecule has 6 nitrogen and oxygen atoms in total. The van der Waals surface area contributed by atoms with Gasteiger partial charge >= 0.3 is 0 Å². The third-order valence-electron chi connectivity index (χ3n) is 3.84. The summed E-state index contributed by atoms with van der Waals surface area (Å²) in [5, 5.41) is 4.08. The van der Waals surface area contributed by atoms with E-state index in [0.717, 1.165) is 15.9 Å². The summed E-state index contributed by atoms with van der Waals surface area (Å²) in [5.74, 6) is 0.609. The first-order chi connectivity index (χ1) is 11.4. The summed E-state index contributed by atoms with van der Waals surface area (Å²) in [6.45, 7) is 4.77. The maximum atomic E-state index is 12.7. The van der Waals surface area contributed by atoms with Crippen molar-refractivity contribution >= 4 is 27.5 Å². The molecule has 0 saturated carbocycles. The highest BCUT2D eigenvalue weighted by Gasteiger charge is 2.34. The second-order valence-electron chi connectivity index (χ2n) is 6.39. The van der Waals surface area contributed by atoms with Gasteiger partial charge in [0.2, 0.25) is 0 Å². The Morgan fingerprint density at radius 3 is 2.92 bits per heavy atom. The number of anilines is 1. The molecular formula is C17H20BrN3O3. The van der Waals surface area contributed by atoms with E-state index in [4.69, 9.17) is 9.47 Å².